The molecule has 1 aromatic rings. The molecule has 2 nitrogen and oxygen atoms in total. The van der Waals surface area contributed by atoms with Gasteiger partial charge in [0.2, 0.25) is 0 Å². The van der Waals surface area contributed by atoms with Crippen molar-refractivity contribution in [3.05, 3.63) is 36.2 Å². The molecule has 0 unspecified atom stereocenters. The fourth-order valence-corrected chi connectivity index (χ4v) is 1.27. The molecule has 2 heteroatoms. The SMILES string of the molecule is CC(C)CNCCC=Cc1cccnc1. The van der Waals surface area contributed by atoms with Crippen molar-refractivity contribution in [1.82, 2.24) is 10.3 Å². The first-order chi connectivity index (χ1) is 7.29. The predicted octanol–water partition coefficient (Wildman–Crippen LogP) is 2.73. The second kappa shape index (κ2) is 7.18. The fourth-order valence-electron chi connectivity index (χ4n) is 1.27. The van der Waals surface area contributed by atoms with Crippen LogP contribution in [0.25, 0.3) is 6.08 Å². The maximum Gasteiger partial charge on any atom is 0.0340 e. The number of hydrogen-bond donors (Lipinski definition) is 1. The molecular weight excluding hydrogens is 184 g/mol. The molecule has 0 fully saturated rings. The Labute approximate surface area is 92.4 Å². The third-order valence-corrected chi connectivity index (χ3v) is 2.04. The van der Waals surface area contributed by atoms with E-state index in [1.54, 1.807) is 6.20 Å². The van der Waals surface area contributed by atoms with Crippen LogP contribution in [0.1, 0.15) is 25.8 Å². The molecule has 0 saturated carbocycles. The summed E-state index contributed by atoms with van der Waals surface area (Å²) >= 11 is 0. The van der Waals surface area contributed by atoms with Crippen LogP contribution < -0.4 is 5.32 Å². The van der Waals surface area contributed by atoms with E-state index in [1.165, 1.54) is 5.56 Å². The number of nitrogens with zero attached hydrogens (tertiary/aromatic N) is 1. The molecule has 0 atom stereocenters. The summed E-state index contributed by atoms with van der Waals surface area (Å²) in [6, 6.07) is 4.02. The van der Waals surface area contributed by atoms with Gasteiger partial charge in [0.15, 0.2) is 0 Å². The van der Waals surface area contributed by atoms with Crippen molar-refractivity contribution in [3.63, 3.8) is 0 Å². The predicted molar refractivity (Wildman–Crippen MR) is 65.6 cm³/mol. The molecule has 0 spiro atoms. The molecule has 1 heterocycles. The van der Waals surface area contributed by atoms with Gasteiger partial charge >= 0.3 is 0 Å². The van der Waals surface area contributed by atoms with Gasteiger partial charge in [-0.15, -0.1) is 0 Å². The molecule has 0 bridgehead atoms. The van der Waals surface area contributed by atoms with Gasteiger partial charge in [0, 0.05) is 12.4 Å². The zero-order chi connectivity index (χ0) is 10.9. The zero-order valence-electron chi connectivity index (χ0n) is 9.61. The third kappa shape index (κ3) is 6.02. The van der Waals surface area contributed by atoms with Gasteiger partial charge in [0.1, 0.15) is 0 Å². The number of hydrogen-bond acceptors (Lipinski definition) is 2. The molecular formula is C13H20N2. The van der Waals surface area contributed by atoms with Crippen molar-refractivity contribution >= 4 is 6.08 Å². The third-order valence-electron chi connectivity index (χ3n) is 2.04. The Bertz CT molecular complexity index is 278. The van der Waals surface area contributed by atoms with E-state index in [-0.39, 0.29) is 0 Å². The minimum atomic E-state index is 0.729. The van der Waals surface area contributed by atoms with Gasteiger partial charge in [0.05, 0.1) is 0 Å². The van der Waals surface area contributed by atoms with Gasteiger partial charge in [-0.25, -0.2) is 0 Å². The summed E-state index contributed by atoms with van der Waals surface area (Å²) in [5.74, 6) is 0.729. The minimum absolute atomic E-state index is 0.729. The van der Waals surface area contributed by atoms with Crippen LogP contribution in [0.4, 0.5) is 0 Å². The lowest BCUT2D eigenvalue weighted by molar-refractivity contribution is 0.557. The highest BCUT2D eigenvalue weighted by atomic mass is 14.8. The molecule has 0 amide bonds. The Morgan fingerprint density at radius 1 is 1.47 bits per heavy atom. The van der Waals surface area contributed by atoms with E-state index in [1.807, 2.05) is 12.3 Å². The van der Waals surface area contributed by atoms with E-state index < -0.39 is 0 Å². The van der Waals surface area contributed by atoms with E-state index in [0.29, 0.717) is 0 Å². The Kier molecular flexibility index (Phi) is 5.71. The maximum absolute atomic E-state index is 4.06. The second-order valence-corrected chi connectivity index (χ2v) is 4.08. The van der Waals surface area contributed by atoms with Crippen LogP contribution in [-0.4, -0.2) is 18.1 Å². The molecule has 0 saturated heterocycles. The second-order valence-electron chi connectivity index (χ2n) is 4.08. The van der Waals surface area contributed by atoms with Crippen molar-refractivity contribution in [2.45, 2.75) is 20.3 Å². The highest BCUT2D eigenvalue weighted by Crippen LogP contribution is 1.99. The largest absolute Gasteiger partial charge is 0.316 e. The average Bonchev–Trinajstić information content (AvgIpc) is 2.24. The molecule has 0 aliphatic rings. The molecule has 15 heavy (non-hydrogen) atoms. The highest BCUT2D eigenvalue weighted by molar-refractivity contribution is 5.47. The van der Waals surface area contributed by atoms with E-state index in [2.05, 4.69) is 42.4 Å². The van der Waals surface area contributed by atoms with Crippen LogP contribution in [0.2, 0.25) is 0 Å². The molecule has 0 aliphatic carbocycles. The summed E-state index contributed by atoms with van der Waals surface area (Å²) in [6.45, 7) is 6.59. The van der Waals surface area contributed by atoms with Crippen molar-refractivity contribution in [2.24, 2.45) is 5.92 Å². The van der Waals surface area contributed by atoms with Gasteiger partial charge in [-0.2, -0.15) is 0 Å². The van der Waals surface area contributed by atoms with E-state index in [4.69, 9.17) is 0 Å². The van der Waals surface area contributed by atoms with Gasteiger partial charge in [-0.1, -0.05) is 32.1 Å². The summed E-state index contributed by atoms with van der Waals surface area (Å²) in [4.78, 5) is 4.06. The summed E-state index contributed by atoms with van der Waals surface area (Å²) in [7, 11) is 0. The van der Waals surface area contributed by atoms with E-state index in [9.17, 15) is 0 Å². The lowest BCUT2D eigenvalue weighted by atomic mass is 10.2. The monoisotopic (exact) mass is 204 g/mol. The molecule has 1 aromatic heterocycles. The Balaban J connectivity index is 2.12. The van der Waals surface area contributed by atoms with Crippen molar-refractivity contribution in [3.8, 4) is 0 Å². The smallest absolute Gasteiger partial charge is 0.0340 e. The number of nitrogens with one attached hydrogen (secondary N) is 1. The van der Waals surface area contributed by atoms with Crippen LogP contribution in [0.15, 0.2) is 30.6 Å². The molecule has 82 valence electrons. The van der Waals surface area contributed by atoms with Gasteiger partial charge in [-0.3, -0.25) is 4.98 Å². The number of rotatable bonds is 6. The van der Waals surface area contributed by atoms with Gasteiger partial charge in [-0.05, 0) is 37.1 Å². The maximum atomic E-state index is 4.06. The van der Waals surface area contributed by atoms with Gasteiger partial charge in [0.25, 0.3) is 0 Å². The Hall–Kier alpha value is -1.15. The Morgan fingerprint density at radius 3 is 3.00 bits per heavy atom. The summed E-state index contributed by atoms with van der Waals surface area (Å²) in [6.07, 6.45) is 9.04. The first-order valence-electron chi connectivity index (χ1n) is 5.56. The first kappa shape index (κ1) is 11.9. The van der Waals surface area contributed by atoms with Crippen LogP contribution in [0.3, 0.4) is 0 Å². The van der Waals surface area contributed by atoms with Crippen LogP contribution in [0.5, 0.6) is 0 Å². The summed E-state index contributed by atoms with van der Waals surface area (Å²) in [5.41, 5.74) is 1.17. The normalized spacial score (nSPS) is 11.4. The molecule has 0 aromatic carbocycles. The standard InChI is InChI=1S/C13H20N2/c1-12(2)10-14-8-4-3-6-13-7-5-9-15-11-13/h3,5-7,9,11-12,14H,4,8,10H2,1-2H3. The van der Waals surface area contributed by atoms with E-state index >= 15 is 0 Å². The summed E-state index contributed by atoms with van der Waals surface area (Å²) in [5, 5.41) is 3.40. The number of pyridine rings is 1. The molecule has 1 rings (SSSR count). The minimum Gasteiger partial charge on any atom is -0.316 e. The zero-order valence-corrected chi connectivity index (χ0v) is 9.61. The quantitative estimate of drug-likeness (QED) is 0.721. The fraction of sp³-hybridized carbons (Fsp3) is 0.462. The van der Waals surface area contributed by atoms with Crippen LogP contribution in [-0.2, 0) is 0 Å². The Morgan fingerprint density at radius 2 is 2.33 bits per heavy atom. The van der Waals surface area contributed by atoms with Crippen molar-refractivity contribution < 1.29 is 0 Å². The lowest BCUT2D eigenvalue weighted by Gasteiger charge is -2.04. The topological polar surface area (TPSA) is 24.9 Å². The van der Waals surface area contributed by atoms with Crippen molar-refractivity contribution in [1.29, 1.82) is 0 Å². The van der Waals surface area contributed by atoms with Crippen LogP contribution >= 0.6 is 0 Å². The van der Waals surface area contributed by atoms with E-state index in [0.717, 1.165) is 25.4 Å². The molecule has 0 aliphatic heterocycles. The van der Waals surface area contributed by atoms with Crippen LogP contribution in [0, 0.1) is 5.92 Å². The molecule has 1 N–H and O–H groups in total. The lowest BCUT2D eigenvalue weighted by Crippen LogP contribution is -2.20. The number of aromatic nitrogens is 1. The molecule has 0 radical (unpaired) electrons. The highest BCUT2D eigenvalue weighted by Gasteiger charge is 1.90. The first-order valence-corrected chi connectivity index (χ1v) is 5.56. The average molecular weight is 204 g/mol. The van der Waals surface area contributed by atoms with Crippen molar-refractivity contribution in [2.75, 3.05) is 13.1 Å². The summed E-state index contributed by atoms with van der Waals surface area (Å²) < 4.78 is 0. The van der Waals surface area contributed by atoms with Gasteiger partial charge < -0.3 is 5.32 Å².